The van der Waals surface area contributed by atoms with Crippen LogP contribution in [-0.2, 0) is 47.6 Å². The Morgan fingerprint density at radius 3 is 2.31 bits per heavy atom. The molecule has 14 nitrogen and oxygen atoms in total. The summed E-state index contributed by atoms with van der Waals surface area (Å²) in [7, 11) is 0. The van der Waals surface area contributed by atoms with Gasteiger partial charge in [-0.3, -0.25) is 19.2 Å². The van der Waals surface area contributed by atoms with Crippen LogP contribution in [0, 0.1) is 5.92 Å². The highest BCUT2D eigenvalue weighted by Gasteiger charge is 2.48. The van der Waals surface area contributed by atoms with E-state index in [0.717, 1.165) is 0 Å². The van der Waals surface area contributed by atoms with Crippen molar-refractivity contribution in [3.05, 3.63) is 10.4 Å². The average Bonchev–Trinajstić information content (AvgIpc) is 2.80. The van der Waals surface area contributed by atoms with Crippen molar-refractivity contribution < 1.29 is 47.6 Å². The molecule has 0 aromatic rings. The number of nitrogens with zero attached hydrogens (tertiary/aromatic N) is 3. The highest BCUT2D eigenvalue weighted by atomic mass is 16.7. The maximum atomic E-state index is 11.9. The Bertz CT molecular complexity index is 774. The summed E-state index contributed by atoms with van der Waals surface area (Å²) in [6.07, 6.45) is -2.16. The van der Waals surface area contributed by atoms with E-state index in [1.165, 1.54) is 20.8 Å². The van der Waals surface area contributed by atoms with Gasteiger partial charge >= 0.3 is 17.9 Å². The Morgan fingerprint density at radius 2 is 1.67 bits per heavy atom. The first-order valence-corrected chi connectivity index (χ1v) is 11.8. The number of unbranched alkanes of at least 4 members (excludes halogenated alkanes) is 1. The predicted molar refractivity (Wildman–Crippen MR) is 123 cm³/mol. The Hall–Kier alpha value is -2.93. The summed E-state index contributed by atoms with van der Waals surface area (Å²) >= 11 is 0. The van der Waals surface area contributed by atoms with Gasteiger partial charge in [-0.15, -0.1) is 0 Å². The van der Waals surface area contributed by atoms with Crippen molar-refractivity contribution in [2.75, 3.05) is 39.5 Å². The van der Waals surface area contributed by atoms with Gasteiger partial charge in [-0.05, 0) is 18.4 Å². The molecule has 1 rings (SSSR count). The lowest BCUT2D eigenvalue weighted by Crippen LogP contribution is -2.58. The zero-order valence-corrected chi connectivity index (χ0v) is 21.2. The second-order valence-corrected chi connectivity index (χ2v) is 8.10. The summed E-state index contributed by atoms with van der Waals surface area (Å²) in [5, 5.41) is 6.07. The van der Waals surface area contributed by atoms with Gasteiger partial charge in [0.15, 0.2) is 12.4 Å². The van der Waals surface area contributed by atoms with Gasteiger partial charge in [0.05, 0.1) is 13.2 Å². The molecule has 1 aliphatic rings. The van der Waals surface area contributed by atoms with Crippen molar-refractivity contribution in [1.82, 2.24) is 5.32 Å². The number of ether oxygens (including phenoxy) is 6. The maximum Gasteiger partial charge on any atom is 0.303 e. The SMILES string of the molecule is CC(=O)OCC1OC(OCCCCC(=O)NCCOCCN=[N+]=[N-])C(C)C(OC(C)=O)C1OC(C)=O. The summed E-state index contributed by atoms with van der Waals surface area (Å²) in [6.45, 7) is 6.68. The predicted octanol–water partition coefficient (Wildman–Crippen LogP) is 1.40. The zero-order chi connectivity index (χ0) is 26.9. The molecule has 0 radical (unpaired) electrons. The molecule has 1 fully saturated rings. The van der Waals surface area contributed by atoms with Crippen LogP contribution in [-0.4, -0.2) is 87.9 Å². The summed E-state index contributed by atoms with van der Waals surface area (Å²) in [6, 6.07) is 0. The minimum absolute atomic E-state index is 0.128. The Morgan fingerprint density at radius 1 is 0.972 bits per heavy atom. The van der Waals surface area contributed by atoms with Crippen LogP contribution in [0.3, 0.4) is 0 Å². The van der Waals surface area contributed by atoms with Gasteiger partial charge in [0, 0.05) is 57.7 Å². The second kappa shape index (κ2) is 17.5. The molecule has 1 heterocycles. The van der Waals surface area contributed by atoms with Crippen LogP contribution >= 0.6 is 0 Å². The Labute approximate surface area is 209 Å². The first kappa shape index (κ1) is 31.1. The lowest BCUT2D eigenvalue weighted by molar-refractivity contribution is -0.288. The smallest absolute Gasteiger partial charge is 0.303 e. The van der Waals surface area contributed by atoms with Crippen LogP contribution < -0.4 is 5.32 Å². The molecule has 14 heteroatoms. The van der Waals surface area contributed by atoms with Gasteiger partial charge in [-0.1, -0.05) is 12.0 Å². The molecule has 36 heavy (non-hydrogen) atoms. The van der Waals surface area contributed by atoms with Crippen molar-refractivity contribution in [1.29, 1.82) is 0 Å². The summed E-state index contributed by atoms with van der Waals surface area (Å²) in [5.41, 5.74) is 8.16. The molecule has 0 bridgehead atoms. The fraction of sp³-hybridized carbons (Fsp3) is 0.818. The molecule has 1 N–H and O–H groups in total. The number of amides is 1. The number of carbonyl (C=O) groups is 4. The van der Waals surface area contributed by atoms with Crippen LogP contribution in [0.4, 0.5) is 0 Å². The fourth-order valence-electron chi connectivity index (χ4n) is 3.45. The summed E-state index contributed by atoms with van der Waals surface area (Å²) in [4.78, 5) is 49.1. The van der Waals surface area contributed by atoms with Gasteiger partial charge in [-0.2, -0.15) is 0 Å². The summed E-state index contributed by atoms with van der Waals surface area (Å²) in [5.74, 6) is -2.33. The van der Waals surface area contributed by atoms with Crippen molar-refractivity contribution in [3.63, 3.8) is 0 Å². The van der Waals surface area contributed by atoms with Crippen LogP contribution in [0.15, 0.2) is 5.11 Å². The highest BCUT2D eigenvalue weighted by Crippen LogP contribution is 2.31. The largest absolute Gasteiger partial charge is 0.463 e. The lowest BCUT2D eigenvalue weighted by Gasteiger charge is -2.43. The molecule has 0 saturated carbocycles. The summed E-state index contributed by atoms with van der Waals surface area (Å²) < 4.78 is 32.8. The van der Waals surface area contributed by atoms with E-state index in [9.17, 15) is 19.2 Å². The topological polar surface area (TPSA) is 184 Å². The number of nitrogens with one attached hydrogen (secondary N) is 1. The second-order valence-electron chi connectivity index (χ2n) is 8.10. The van der Waals surface area contributed by atoms with Crippen molar-refractivity contribution in [2.24, 2.45) is 11.0 Å². The van der Waals surface area contributed by atoms with Gasteiger partial charge in [0.25, 0.3) is 0 Å². The number of rotatable bonds is 16. The molecule has 1 saturated heterocycles. The van der Waals surface area contributed by atoms with E-state index in [1.807, 2.05) is 0 Å². The Kier molecular flexibility index (Phi) is 15.1. The van der Waals surface area contributed by atoms with E-state index >= 15 is 0 Å². The average molecular weight is 517 g/mol. The minimum Gasteiger partial charge on any atom is -0.463 e. The fourth-order valence-corrected chi connectivity index (χ4v) is 3.45. The van der Waals surface area contributed by atoms with Crippen LogP contribution in [0.5, 0.6) is 0 Å². The molecule has 0 aromatic heterocycles. The first-order chi connectivity index (χ1) is 17.1. The quantitative estimate of drug-likeness (QED) is 0.0785. The van der Waals surface area contributed by atoms with E-state index in [1.54, 1.807) is 6.92 Å². The van der Waals surface area contributed by atoms with E-state index < -0.39 is 48.4 Å². The zero-order valence-electron chi connectivity index (χ0n) is 21.2. The van der Waals surface area contributed by atoms with Crippen LogP contribution in [0.1, 0.15) is 47.0 Å². The molecular formula is C22H36N4O10. The van der Waals surface area contributed by atoms with Gasteiger partial charge < -0.3 is 33.7 Å². The van der Waals surface area contributed by atoms with Crippen molar-refractivity contribution in [3.8, 4) is 0 Å². The molecule has 1 aliphatic heterocycles. The number of esters is 3. The molecule has 5 atom stereocenters. The minimum atomic E-state index is -0.979. The van der Waals surface area contributed by atoms with Crippen molar-refractivity contribution >= 4 is 23.8 Å². The third-order valence-corrected chi connectivity index (χ3v) is 5.05. The van der Waals surface area contributed by atoms with Crippen LogP contribution in [0.2, 0.25) is 0 Å². The first-order valence-electron chi connectivity index (χ1n) is 11.8. The van der Waals surface area contributed by atoms with Gasteiger partial charge in [0.2, 0.25) is 5.91 Å². The molecule has 0 aliphatic carbocycles. The number of hydrogen-bond donors (Lipinski definition) is 1. The van der Waals surface area contributed by atoms with E-state index in [-0.39, 0.29) is 25.7 Å². The standard InChI is InChI=1S/C22H36N4O10/c1-14-20(34-16(3)28)21(35-17(4)29)18(13-33-15(2)27)36-22(14)32-10-6-5-7-19(30)24-8-11-31-12-9-25-26-23/h14,18,20-22H,5-13H2,1-4H3,(H,24,30). The normalized spacial score (nSPS) is 23.2. The number of carbonyl (C=O) groups excluding carboxylic acids is 4. The molecule has 0 aromatic carbocycles. The molecule has 204 valence electrons. The van der Waals surface area contributed by atoms with Crippen molar-refractivity contribution in [2.45, 2.75) is 71.6 Å². The molecule has 0 spiro atoms. The van der Waals surface area contributed by atoms with Gasteiger partial charge in [-0.25, -0.2) is 0 Å². The molecule has 5 unspecified atom stereocenters. The van der Waals surface area contributed by atoms with Gasteiger partial charge in [0.1, 0.15) is 18.8 Å². The lowest BCUT2D eigenvalue weighted by atomic mass is 9.92. The van der Waals surface area contributed by atoms with E-state index in [0.29, 0.717) is 39.0 Å². The maximum absolute atomic E-state index is 11.9. The molecule has 1 amide bonds. The third kappa shape index (κ3) is 12.7. The van der Waals surface area contributed by atoms with E-state index in [4.69, 9.17) is 34.0 Å². The van der Waals surface area contributed by atoms with Crippen LogP contribution in [0.25, 0.3) is 10.4 Å². The highest BCUT2D eigenvalue weighted by molar-refractivity contribution is 5.75. The van der Waals surface area contributed by atoms with E-state index in [2.05, 4.69) is 15.3 Å². The monoisotopic (exact) mass is 516 g/mol. The third-order valence-electron chi connectivity index (χ3n) is 5.05. The number of hydrogen-bond acceptors (Lipinski definition) is 11. The molecular weight excluding hydrogens is 480 g/mol. The number of azide groups is 1. The Balaban J connectivity index is 2.51.